The number of urea groups is 1. The molecule has 0 unspecified atom stereocenters. The van der Waals surface area contributed by atoms with E-state index in [4.69, 9.17) is 14.2 Å². The number of rotatable bonds is 7. The van der Waals surface area contributed by atoms with E-state index in [9.17, 15) is 19.2 Å². The van der Waals surface area contributed by atoms with E-state index in [2.05, 4.69) is 5.32 Å². The van der Waals surface area contributed by atoms with Gasteiger partial charge in [0.2, 0.25) is 5.91 Å². The maximum Gasteiger partial charge on any atom is 0.339 e. The third-order valence-corrected chi connectivity index (χ3v) is 4.37. The third kappa shape index (κ3) is 3.88. The molecule has 156 valence electrons. The van der Waals surface area contributed by atoms with Crippen molar-refractivity contribution >= 4 is 35.1 Å². The Morgan fingerprint density at radius 3 is 2.10 bits per heavy atom. The summed E-state index contributed by atoms with van der Waals surface area (Å²) in [6.07, 6.45) is 0. The zero-order valence-electron chi connectivity index (χ0n) is 16.5. The Morgan fingerprint density at radius 2 is 1.50 bits per heavy atom. The molecule has 10 heteroatoms. The molecule has 30 heavy (non-hydrogen) atoms. The van der Waals surface area contributed by atoms with E-state index in [1.165, 1.54) is 33.5 Å². The number of benzene rings is 2. The molecule has 3 rings (SSSR count). The number of imide groups is 2. The van der Waals surface area contributed by atoms with Crippen molar-refractivity contribution < 1.29 is 33.4 Å². The number of amides is 5. The minimum atomic E-state index is -1.09. The minimum Gasteiger partial charge on any atom is -0.497 e. The first kappa shape index (κ1) is 20.6. The zero-order valence-corrected chi connectivity index (χ0v) is 16.5. The van der Waals surface area contributed by atoms with Gasteiger partial charge in [0.1, 0.15) is 23.8 Å². The Hall–Kier alpha value is -4.08. The van der Waals surface area contributed by atoms with Crippen molar-refractivity contribution in [1.82, 2.24) is 4.90 Å². The molecular formula is C20H19N3O7. The molecule has 0 saturated carbocycles. The van der Waals surface area contributed by atoms with Gasteiger partial charge in [0, 0.05) is 6.07 Å². The number of hydrogen-bond donors (Lipinski definition) is 1. The van der Waals surface area contributed by atoms with Gasteiger partial charge in [-0.2, -0.15) is 0 Å². The summed E-state index contributed by atoms with van der Waals surface area (Å²) < 4.78 is 15.3. The number of methoxy groups -OCH3 is 3. The monoisotopic (exact) mass is 413 g/mol. The summed E-state index contributed by atoms with van der Waals surface area (Å²) >= 11 is 0. The van der Waals surface area contributed by atoms with Crippen molar-refractivity contribution in [2.45, 2.75) is 0 Å². The van der Waals surface area contributed by atoms with Gasteiger partial charge in [-0.15, -0.1) is 0 Å². The molecule has 0 radical (unpaired) electrons. The van der Waals surface area contributed by atoms with Crippen LogP contribution in [-0.2, 0) is 14.4 Å². The molecule has 1 aliphatic heterocycles. The van der Waals surface area contributed by atoms with E-state index in [0.717, 1.165) is 0 Å². The summed E-state index contributed by atoms with van der Waals surface area (Å²) in [5, 5.41) is 2.55. The fourth-order valence-corrected chi connectivity index (χ4v) is 2.84. The molecule has 1 aliphatic rings. The molecular weight excluding hydrogens is 394 g/mol. The number of anilines is 2. The van der Waals surface area contributed by atoms with Crippen LogP contribution in [0.5, 0.6) is 17.2 Å². The highest BCUT2D eigenvalue weighted by molar-refractivity contribution is 6.53. The summed E-state index contributed by atoms with van der Waals surface area (Å²) in [7, 11) is 4.38. The van der Waals surface area contributed by atoms with Gasteiger partial charge < -0.3 is 19.5 Å². The lowest BCUT2D eigenvalue weighted by molar-refractivity contribution is -0.140. The molecule has 1 fully saturated rings. The average Bonchev–Trinajstić information content (AvgIpc) is 2.97. The zero-order chi connectivity index (χ0) is 21.8. The summed E-state index contributed by atoms with van der Waals surface area (Å²) in [4.78, 5) is 50.9. The van der Waals surface area contributed by atoms with E-state index in [1.807, 2.05) is 0 Å². The maximum atomic E-state index is 12.6. The number of ether oxygens (including phenoxy) is 3. The second kappa shape index (κ2) is 8.52. The fourth-order valence-electron chi connectivity index (χ4n) is 2.84. The molecule has 10 nitrogen and oxygen atoms in total. The summed E-state index contributed by atoms with van der Waals surface area (Å²) in [6, 6.07) is 9.85. The third-order valence-electron chi connectivity index (χ3n) is 4.37. The van der Waals surface area contributed by atoms with Crippen LogP contribution in [0.4, 0.5) is 16.2 Å². The maximum absolute atomic E-state index is 12.6. The summed E-state index contributed by atoms with van der Waals surface area (Å²) in [6.45, 7) is -0.634. The van der Waals surface area contributed by atoms with Gasteiger partial charge in [0.05, 0.1) is 32.7 Å². The van der Waals surface area contributed by atoms with Crippen LogP contribution in [0, 0.1) is 0 Å². The van der Waals surface area contributed by atoms with Gasteiger partial charge in [-0.1, -0.05) is 0 Å². The Morgan fingerprint density at radius 1 is 0.867 bits per heavy atom. The largest absolute Gasteiger partial charge is 0.497 e. The first-order chi connectivity index (χ1) is 14.4. The number of nitrogens with one attached hydrogen (secondary N) is 1. The van der Waals surface area contributed by atoms with Crippen LogP contribution in [0.2, 0.25) is 0 Å². The average molecular weight is 413 g/mol. The highest BCUT2D eigenvalue weighted by Gasteiger charge is 2.46. The summed E-state index contributed by atoms with van der Waals surface area (Å²) in [5.41, 5.74) is 0.514. The van der Waals surface area contributed by atoms with Crippen molar-refractivity contribution in [3.8, 4) is 17.2 Å². The molecule has 0 bridgehead atoms. The van der Waals surface area contributed by atoms with Crippen LogP contribution in [0.25, 0.3) is 0 Å². The first-order valence-electron chi connectivity index (χ1n) is 8.75. The van der Waals surface area contributed by atoms with Crippen LogP contribution in [0.3, 0.4) is 0 Å². The van der Waals surface area contributed by atoms with E-state index in [-0.39, 0.29) is 5.69 Å². The number of nitrogens with zero attached hydrogens (tertiary/aromatic N) is 2. The van der Waals surface area contributed by atoms with Gasteiger partial charge >= 0.3 is 17.8 Å². The lowest BCUT2D eigenvalue weighted by Crippen LogP contribution is -2.39. The molecule has 0 aliphatic carbocycles. The van der Waals surface area contributed by atoms with E-state index in [0.29, 0.717) is 32.7 Å². The summed E-state index contributed by atoms with van der Waals surface area (Å²) in [5.74, 6) is -1.43. The van der Waals surface area contributed by atoms with Crippen LogP contribution >= 0.6 is 0 Å². The molecule has 1 saturated heterocycles. The van der Waals surface area contributed by atoms with Crippen molar-refractivity contribution in [1.29, 1.82) is 0 Å². The van der Waals surface area contributed by atoms with Crippen molar-refractivity contribution in [3.63, 3.8) is 0 Å². The Bertz CT molecular complexity index is 1000. The molecule has 2 aromatic rings. The number of hydrogen-bond acceptors (Lipinski definition) is 7. The van der Waals surface area contributed by atoms with Gasteiger partial charge in [-0.3, -0.25) is 14.4 Å². The van der Waals surface area contributed by atoms with Crippen molar-refractivity contribution in [3.05, 3.63) is 42.5 Å². The highest BCUT2D eigenvalue weighted by Crippen LogP contribution is 2.29. The van der Waals surface area contributed by atoms with Gasteiger partial charge in [0.15, 0.2) is 0 Å². The molecule has 0 atom stereocenters. The normalized spacial score (nSPS) is 13.5. The fraction of sp³-hybridized carbons (Fsp3) is 0.200. The molecule has 5 amide bonds. The first-order valence-corrected chi connectivity index (χ1v) is 8.75. The molecule has 1 heterocycles. The van der Waals surface area contributed by atoms with Gasteiger partial charge in [0.25, 0.3) is 0 Å². The Balaban J connectivity index is 1.74. The molecule has 0 spiro atoms. The molecule has 2 aromatic carbocycles. The van der Waals surface area contributed by atoms with E-state index in [1.54, 1.807) is 30.3 Å². The Labute approximate surface area is 171 Å². The lowest BCUT2D eigenvalue weighted by atomic mass is 10.2. The van der Waals surface area contributed by atoms with Crippen LogP contribution in [0.15, 0.2) is 42.5 Å². The quantitative estimate of drug-likeness (QED) is 0.542. The van der Waals surface area contributed by atoms with Crippen molar-refractivity contribution in [2.24, 2.45) is 0 Å². The van der Waals surface area contributed by atoms with Crippen molar-refractivity contribution in [2.75, 3.05) is 38.1 Å². The molecule has 1 N–H and O–H groups in total. The predicted molar refractivity (Wildman–Crippen MR) is 106 cm³/mol. The van der Waals surface area contributed by atoms with Crippen LogP contribution in [-0.4, -0.2) is 56.5 Å². The van der Waals surface area contributed by atoms with E-state index >= 15 is 0 Å². The minimum absolute atomic E-state index is 0.193. The van der Waals surface area contributed by atoms with Gasteiger partial charge in [-0.05, 0) is 36.4 Å². The topological polar surface area (TPSA) is 114 Å². The lowest BCUT2D eigenvalue weighted by Gasteiger charge is -2.16. The highest BCUT2D eigenvalue weighted by atomic mass is 16.5. The number of carbonyl (C=O) groups is 4. The van der Waals surface area contributed by atoms with Gasteiger partial charge in [-0.25, -0.2) is 14.6 Å². The predicted octanol–water partition coefficient (Wildman–Crippen LogP) is 1.65. The second-order valence-electron chi connectivity index (χ2n) is 6.13. The van der Waals surface area contributed by atoms with Crippen LogP contribution in [0.1, 0.15) is 0 Å². The van der Waals surface area contributed by atoms with Crippen LogP contribution < -0.4 is 24.4 Å². The molecule has 0 aromatic heterocycles. The SMILES string of the molecule is COc1ccc(N2C(=O)C(=O)N(CC(=O)Nc3ccc(OC)cc3OC)C2=O)cc1. The standard InChI is InChI=1S/C20H19N3O7/c1-28-13-6-4-12(5-7-13)23-19(26)18(25)22(20(23)27)11-17(24)21-15-9-8-14(29-2)10-16(15)30-3/h4-10H,11H2,1-3H3,(H,21,24). The second-order valence-corrected chi connectivity index (χ2v) is 6.13. The number of carbonyl (C=O) groups excluding carboxylic acids is 4. The Kier molecular flexibility index (Phi) is 5.86. The smallest absolute Gasteiger partial charge is 0.339 e. The van der Waals surface area contributed by atoms with E-state index < -0.39 is 30.3 Å².